The van der Waals surface area contributed by atoms with Crippen LogP contribution in [0.2, 0.25) is 0 Å². The molecule has 0 aliphatic heterocycles. The summed E-state index contributed by atoms with van der Waals surface area (Å²) in [5.74, 6) is -0.965. The molecule has 0 aromatic carbocycles. The van der Waals surface area contributed by atoms with Gasteiger partial charge in [-0.2, -0.15) is 12.6 Å². The molecule has 62 valence electrons. The van der Waals surface area contributed by atoms with E-state index in [-0.39, 0.29) is 19.0 Å². The number of carboxylic acid groups (broad SMARTS) is 1. The van der Waals surface area contributed by atoms with Crippen LogP contribution in [0, 0.1) is 0 Å². The maximum Gasteiger partial charge on any atom is 0.313 e. The Hall–Kier alpha value is -0.260. The number of aliphatic hydroxyl groups excluding tert-OH is 2. The van der Waals surface area contributed by atoms with Crippen molar-refractivity contribution in [1.82, 2.24) is 0 Å². The summed E-state index contributed by atoms with van der Waals surface area (Å²) >= 11 is 3.42. The van der Waals surface area contributed by atoms with Gasteiger partial charge >= 0.3 is 5.97 Å². The summed E-state index contributed by atoms with van der Waals surface area (Å²) in [5.41, 5.74) is 0. The first-order chi connectivity index (χ1) is 4.68. The van der Waals surface area contributed by atoms with E-state index < -0.39 is 5.97 Å². The van der Waals surface area contributed by atoms with Crippen LogP contribution in [0.5, 0.6) is 0 Å². The first kappa shape index (κ1) is 12.4. The van der Waals surface area contributed by atoms with Crippen molar-refractivity contribution in [2.45, 2.75) is 6.42 Å². The van der Waals surface area contributed by atoms with Gasteiger partial charge in [-0.1, -0.05) is 0 Å². The van der Waals surface area contributed by atoms with Crippen LogP contribution in [0.4, 0.5) is 0 Å². The molecule has 0 rings (SSSR count). The summed E-state index contributed by atoms with van der Waals surface area (Å²) in [6, 6.07) is 0. The lowest BCUT2D eigenvalue weighted by molar-refractivity contribution is -0.133. The molecular formula is C5H12O4S. The number of thiol groups is 1. The molecule has 0 saturated heterocycles. The molecule has 0 aromatic rings. The molecule has 0 radical (unpaired) electrons. The van der Waals surface area contributed by atoms with E-state index >= 15 is 0 Å². The molecule has 5 heteroatoms. The average Bonchev–Trinajstić information content (AvgIpc) is 1.91. The second-order valence-electron chi connectivity index (χ2n) is 1.35. The van der Waals surface area contributed by atoms with Crippen LogP contribution in [0.25, 0.3) is 0 Å². The minimum absolute atomic E-state index is 0.0833. The minimum Gasteiger partial charge on any atom is -0.481 e. The number of aliphatic carboxylic acids is 1. The molecule has 3 N–H and O–H groups in total. The Morgan fingerprint density at radius 2 is 1.60 bits per heavy atom. The van der Waals surface area contributed by atoms with Crippen LogP contribution in [-0.2, 0) is 4.79 Å². The lowest BCUT2D eigenvalue weighted by Crippen LogP contribution is -1.92. The molecule has 0 aliphatic carbocycles. The summed E-state index contributed by atoms with van der Waals surface area (Å²) < 4.78 is 0. The van der Waals surface area contributed by atoms with Crippen LogP contribution in [0.3, 0.4) is 0 Å². The van der Waals surface area contributed by atoms with E-state index in [9.17, 15) is 4.79 Å². The van der Waals surface area contributed by atoms with E-state index in [2.05, 4.69) is 12.6 Å². The largest absolute Gasteiger partial charge is 0.481 e. The maximum atomic E-state index is 9.29. The highest BCUT2D eigenvalue weighted by atomic mass is 32.1. The molecule has 0 amide bonds. The Morgan fingerprint density at radius 3 is 1.60 bits per heavy atom. The normalized spacial score (nSPS) is 7.90. The third-order valence-corrected chi connectivity index (χ3v) is 0.722. The molecule has 0 aromatic heterocycles. The lowest BCUT2D eigenvalue weighted by Gasteiger charge is -1.79. The monoisotopic (exact) mass is 168 g/mol. The molecule has 0 unspecified atom stereocenters. The zero-order chi connectivity index (χ0) is 8.41. The van der Waals surface area contributed by atoms with Gasteiger partial charge in [-0.15, -0.1) is 0 Å². The third-order valence-electron chi connectivity index (χ3n) is 0.451. The van der Waals surface area contributed by atoms with E-state index in [0.29, 0.717) is 6.42 Å². The standard InChI is InChI=1S/C3H8O2.C2H4O2S/c4-2-1-3-5;3-2(4)1-5/h4-5H,1-3H2;5H,1H2,(H,3,4). The topological polar surface area (TPSA) is 77.8 Å². The molecule has 0 atom stereocenters. The summed E-state index contributed by atoms with van der Waals surface area (Å²) in [5, 5.41) is 23.5. The Morgan fingerprint density at radius 1 is 1.30 bits per heavy atom. The molecule has 0 aliphatic rings. The van der Waals surface area contributed by atoms with Crippen LogP contribution in [-0.4, -0.2) is 40.3 Å². The highest BCUT2D eigenvalue weighted by molar-refractivity contribution is 7.81. The Kier molecular flexibility index (Phi) is 14.3. The molecule has 0 saturated carbocycles. The number of hydrogen-bond donors (Lipinski definition) is 4. The van der Waals surface area contributed by atoms with Crippen molar-refractivity contribution in [3.05, 3.63) is 0 Å². The van der Waals surface area contributed by atoms with Crippen LogP contribution in [0.15, 0.2) is 0 Å². The van der Waals surface area contributed by atoms with E-state index in [4.69, 9.17) is 15.3 Å². The summed E-state index contributed by atoms with van der Waals surface area (Å²) in [6.45, 7) is 0.188. The van der Waals surface area contributed by atoms with Gasteiger partial charge in [0.25, 0.3) is 0 Å². The quantitative estimate of drug-likeness (QED) is 0.423. The second kappa shape index (κ2) is 11.5. The molecule has 10 heavy (non-hydrogen) atoms. The molecular weight excluding hydrogens is 156 g/mol. The van der Waals surface area contributed by atoms with E-state index in [1.165, 1.54) is 0 Å². The second-order valence-corrected chi connectivity index (χ2v) is 1.67. The molecule has 0 bridgehead atoms. The van der Waals surface area contributed by atoms with Gasteiger partial charge in [0.2, 0.25) is 0 Å². The van der Waals surface area contributed by atoms with Crippen molar-refractivity contribution in [2.75, 3.05) is 19.0 Å². The van der Waals surface area contributed by atoms with Crippen LogP contribution < -0.4 is 0 Å². The lowest BCUT2D eigenvalue weighted by atomic mass is 10.5. The van der Waals surface area contributed by atoms with Crippen LogP contribution in [0.1, 0.15) is 6.42 Å². The van der Waals surface area contributed by atoms with Gasteiger partial charge in [0.1, 0.15) is 0 Å². The SMILES string of the molecule is O=C(O)CS.OCCCO. The zero-order valence-corrected chi connectivity index (χ0v) is 6.42. The molecule has 0 spiro atoms. The third kappa shape index (κ3) is 25.1. The molecule has 4 nitrogen and oxygen atoms in total. The van der Waals surface area contributed by atoms with E-state index in [1.807, 2.05) is 0 Å². The fraction of sp³-hybridized carbons (Fsp3) is 0.800. The number of hydrogen-bond acceptors (Lipinski definition) is 4. The van der Waals surface area contributed by atoms with Gasteiger partial charge < -0.3 is 15.3 Å². The minimum atomic E-state index is -0.881. The van der Waals surface area contributed by atoms with Crippen LogP contribution >= 0.6 is 12.6 Å². The van der Waals surface area contributed by atoms with E-state index in [1.54, 1.807) is 0 Å². The van der Waals surface area contributed by atoms with Gasteiger partial charge in [-0.05, 0) is 6.42 Å². The highest BCUT2D eigenvalue weighted by Gasteiger charge is 1.81. The number of aliphatic hydroxyl groups is 2. The van der Waals surface area contributed by atoms with Gasteiger partial charge in [0.05, 0.1) is 5.75 Å². The highest BCUT2D eigenvalue weighted by Crippen LogP contribution is 1.66. The first-order valence-electron chi connectivity index (χ1n) is 2.73. The van der Waals surface area contributed by atoms with E-state index in [0.717, 1.165) is 0 Å². The molecule has 0 heterocycles. The zero-order valence-electron chi connectivity index (χ0n) is 5.53. The van der Waals surface area contributed by atoms with Crippen molar-refractivity contribution in [3.63, 3.8) is 0 Å². The number of carbonyl (C=O) groups is 1. The predicted octanol–water partition coefficient (Wildman–Crippen LogP) is -0.638. The maximum absolute atomic E-state index is 9.29. The fourth-order valence-corrected chi connectivity index (χ4v) is 0.0707. The molecule has 0 fully saturated rings. The van der Waals surface area contributed by atoms with Gasteiger partial charge in [-0.25, -0.2) is 0 Å². The van der Waals surface area contributed by atoms with Crippen molar-refractivity contribution in [3.8, 4) is 0 Å². The summed E-state index contributed by atoms with van der Waals surface area (Å²) in [7, 11) is 0. The Labute approximate surface area is 64.9 Å². The van der Waals surface area contributed by atoms with Crippen molar-refractivity contribution >= 4 is 18.6 Å². The number of carboxylic acids is 1. The fourth-order valence-electron chi connectivity index (χ4n) is 0.0707. The Bertz CT molecular complexity index is 74.0. The number of rotatable bonds is 3. The predicted molar refractivity (Wildman–Crippen MR) is 40.3 cm³/mol. The van der Waals surface area contributed by atoms with Gasteiger partial charge in [-0.3, -0.25) is 4.79 Å². The smallest absolute Gasteiger partial charge is 0.313 e. The van der Waals surface area contributed by atoms with Gasteiger partial charge in [0, 0.05) is 13.2 Å². The Balaban J connectivity index is 0. The van der Waals surface area contributed by atoms with Crippen molar-refractivity contribution in [1.29, 1.82) is 0 Å². The van der Waals surface area contributed by atoms with Gasteiger partial charge in [0.15, 0.2) is 0 Å². The first-order valence-corrected chi connectivity index (χ1v) is 3.36. The summed E-state index contributed by atoms with van der Waals surface area (Å²) in [6.07, 6.45) is 0.500. The average molecular weight is 168 g/mol. The van der Waals surface area contributed by atoms with Crippen molar-refractivity contribution in [2.24, 2.45) is 0 Å². The summed E-state index contributed by atoms with van der Waals surface area (Å²) in [4.78, 5) is 9.29. The van der Waals surface area contributed by atoms with Crippen molar-refractivity contribution < 1.29 is 20.1 Å².